The second-order valence-corrected chi connectivity index (χ2v) is 8.12. The largest absolute Gasteiger partial charge is 0.497 e. The first kappa shape index (κ1) is 15.3. The minimum Gasteiger partial charge on any atom is -0.497 e. The Labute approximate surface area is 139 Å². The van der Waals surface area contributed by atoms with Crippen molar-refractivity contribution >= 4 is 5.57 Å². The summed E-state index contributed by atoms with van der Waals surface area (Å²) in [5, 5.41) is 0. The fourth-order valence-electron chi connectivity index (χ4n) is 5.94. The van der Waals surface area contributed by atoms with Crippen LogP contribution in [-0.2, 0) is 11.2 Å². The van der Waals surface area contributed by atoms with Crippen LogP contribution < -0.4 is 4.74 Å². The van der Waals surface area contributed by atoms with Crippen molar-refractivity contribution in [2.45, 2.75) is 52.1 Å². The van der Waals surface area contributed by atoms with Crippen molar-refractivity contribution in [1.82, 2.24) is 0 Å². The molecule has 0 saturated heterocycles. The molecule has 4 atom stereocenters. The molecular formula is C21H28O2. The molecule has 0 bridgehead atoms. The third-order valence-electron chi connectivity index (χ3n) is 7.18. The van der Waals surface area contributed by atoms with E-state index in [4.69, 9.17) is 9.47 Å². The third-order valence-corrected chi connectivity index (χ3v) is 7.18. The van der Waals surface area contributed by atoms with Gasteiger partial charge in [-0.1, -0.05) is 26.0 Å². The molecule has 3 aliphatic rings. The minimum atomic E-state index is 0.294. The van der Waals surface area contributed by atoms with E-state index in [2.05, 4.69) is 38.1 Å². The third kappa shape index (κ3) is 1.97. The maximum Gasteiger partial charge on any atom is 0.119 e. The van der Waals surface area contributed by atoms with Crippen LogP contribution in [0.25, 0.3) is 5.57 Å². The Hall–Kier alpha value is -1.28. The molecule has 2 heteroatoms. The number of allylic oxidation sites excluding steroid dienone is 2. The van der Waals surface area contributed by atoms with Gasteiger partial charge >= 0.3 is 0 Å². The van der Waals surface area contributed by atoms with Crippen LogP contribution in [0.5, 0.6) is 5.75 Å². The summed E-state index contributed by atoms with van der Waals surface area (Å²) in [7, 11) is 3.64. The summed E-state index contributed by atoms with van der Waals surface area (Å²) in [6, 6.07) is 6.63. The molecule has 0 radical (unpaired) electrons. The molecule has 4 rings (SSSR count). The molecule has 0 heterocycles. The van der Waals surface area contributed by atoms with Gasteiger partial charge in [0.15, 0.2) is 0 Å². The number of hydrogen-bond acceptors (Lipinski definition) is 2. The smallest absolute Gasteiger partial charge is 0.119 e. The van der Waals surface area contributed by atoms with Crippen molar-refractivity contribution in [2.24, 2.45) is 16.7 Å². The van der Waals surface area contributed by atoms with Crippen LogP contribution >= 0.6 is 0 Å². The fourth-order valence-corrected chi connectivity index (χ4v) is 5.94. The Morgan fingerprint density at radius 2 is 1.96 bits per heavy atom. The lowest BCUT2D eigenvalue weighted by Crippen LogP contribution is -2.46. The van der Waals surface area contributed by atoms with Crippen molar-refractivity contribution in [2.75, 3.05) is 14.2 Å². The van der Waals surface area contributed by atoms with Gasteiger partial charge in [0.2, 0.25) is 0 Å². The van der Waals surface area contributed by atoms with Crippen LogP contribution in [-0.4, -0.2) is 20.3 Å². The lowest BCUT2D eigenvalue weighted by molar-refractivity contribution is -0.0246. The van der Waals surface area contributed by atoms with Crippen LogP contribution in [0.2, 0.25) is 0 Å². The molecule has 0 N–H and O–H groups in total. The first-order chi connectivity index (χ1) is 11.0. The molecule has 0 aromatic heterocycles. The molecule has 0 amide bonds. The van der Waals surface area contributed by atoms with Gasteiger partial charge in [0.05, 0.1) is 13.2 Å². The Balaban J connectivity index is 1.80. The SMILES string of the molecule is COc1ccc2c(c1)CC[C@]1(C)C2=CC[C@@]2(C)C1CC[C@@H]2OC. The van der Waals surface area contributed by atoms with E-state index in [1.54, 1.807) is 12.7 Å². The number of ether oxygens (including phenoxy) is 2. The lowest BCUT2D eigenvalue weighted by atomic mass is 9.52. The summed E-state index contributed by atoms with van der Waals surface area (Å²) in [5.41, 5.74) is 5.10. The van der Waals surface area contributed by atoms with Gasteiger partial charge in [0.1, 0.15) is 5.75 Å². The highest BCUT2D eigenvalue weighted by molar-refractivity contribution is 5.76. The number of methoxy groups -OCH3 is 2. The molecular weight excluding hydrogens is 284 g/mol. The zero-order valence-electron chi connectivity index (χ0n) is 14.8. The average molecular weight is 312 g/mol. The van der Waals surface area contributed by atoms with Gasteiger partial charge in [-0.05, 0) is 72.3 Å². The van der Waals surface area contributed by atoms with Gasteiger partial charge in [-0.15, -0.1) is 0 Å². The van der Waals surface area contributed by atoms with E-state index in [-0.39, 0.29) is 0 Å². The number of benzene rings is 1. The van der Waals surface area contributed by atoms with E-state index >= 15 is 0 Å². The Kier molecular flexibility index (Phi) is 3.39. The summed E-state index contributed by atoms with van der Waals surface area (Å²) in [6.07, 6.45) is 9.00. The summed E-state index contributed by atoms with van der Waals surface area (Å²) in [4.78, 5) is 0. The monoisotopic (exact) mass is 312 g/mol. The molecule has 1 saturated carbocycles. The maximum absolute atomic E-state index is 5.86. The standard InChI is InChI=1S/C21H28O2/c1-20-11-9-14-13-15(22-3)5-6-16(14)17(20)10-12-21(2)18(20)7-8-19(21)23-4/h5-6,10,13,18-19H,7-9,11-12H2,1-4H3/t18?,19-,20+,21-/m0/s1. The van der Waals surface area contributed by atoms with Crippen molar-refractivity contribution in [3.63, 3.8) is 0 Å². The highest BCUT2D eigenvalue weighted by Gasteiger charge is 2.57. The molecule has 23 heavy (non-hydrogen) atoms. The summed E-state index contributed by atoms with van der Waals surface area (Å²) < 4.78 is 11.3. The number of rotatable bonds is 2. The molecule has 2 nitrogen and oxygen atoms in total. The van der Waals surface area contributed by atoms with E-state index in [9.17, 15) is 0 Å². The van der Waals surface area contributed by atoms with Crippen molar-refractivity contribution < 1.29 is 9.47 Å². The van der Waals surface area contributed by atoms with Crippen molar-refractivity contribution in [1.29, 1.82) is 0 Å². The molecule has 1 aromatic carbocycles. The Morgan fingerprint density at radius 3 is 2.70 bits per heavy atom. The first-order valence-electron chi connectivity index (χ1n) is 8.93. The number of fused-ring (bicyclic) bond motifs is 5. The highest BCUT2D eigenvalue weighted by atomic mass is 16.5. The quantitative estimate of drug-likeness (QED) is 0.776. The lowest BCUT2D eigenvalue weighted by Gasteiger charge is -2.53. The summed E-state index contributed by atoms with van der Waals surface area (Å²) in [5.74, 6) is 1.71. The molecule has 1 unspecified atom stereocenters. The second kappa shape index (κ2) is 5.11. The molecule has 1 fully saturated rings. The van der Waals surface area contributed by atoms with Gasteiger partial charge in [0.25, 0.3) is 0 Å². The van der Waals surface area contributed by atoms with E-state index in [0.717, 1.165) is 24.5 Å². The van der Waals surface area contributed by atoms with E-state index in [1.807, 2.05) is 7.11 Å². The average Bonchev–Trinajstić information content (AvgIpc) is 2.91. The van der Waals surface area contributed by atoms with Crippen molar-refractivity contribution in [3.05, 3.63) is 35.4 Å². The highest BCUT2D eigenvalue weighted by Crippen LogP contribution is 2.64. The van der Waals surface area contributed by atoms with Gasteiger partial charge in [0, 0.05) is 12.5 Å². The second-order valence-electron chi connectivity index (χ2n) is 8.12. The Morgan fingerprint density at radius 1 is 1.13 bits per heavy atom. The van der Waals surface area contributed by atoms with Crippen LogP contribution in [0.4, 0.5) is 0 Å². The van der Waals surface area contributed by atoms with Gasteiger partial charge in [-0.3, -0.25) is 0 Å². The zero-order chi connectivity index (χ0) is 16.2. The fraction of sp³-hybridized carbons (Fsp3) is 0.619. The molecule has 0 spiro atoms. The predicted octanol–water partition coefficient (Wildman–Crippen LogP) is 4.87. The Bertz CT molecular complexity index is 662. The van der Waals surface area contributed by atoms with Crippen LogP contribution in [0, 0.1) is 16.7 Å². The number of aryl methyl sites for hydroxylation is 1. The van der Waals surface area contributed by atoms with Crippen LogP contribution in [0.1, 0.15) is 50.7 Å². The first-order valence-corrected chi connectivity index (χ1v) is 8.93. The predicted molar refractivity (Wildman–Crippen MR) is 93.6 cm³/mol. The maximum atomic E-state index is 5.86. The topological polar surface area (TPSA) is 18.5 Å². The summed E-state index contributed by atoms with van der Waals surface area (Å²) in [6.45, 7) is 4.97. The van der Waals surface area contributed by atoms with Gasteiger partial charge in [-0.25, -0.2) is 0 Å². The van der Waals surface area contributed by atoms with Crippen LogP contribution in [0.15, 0.2) is 24.3 Å². The molecule has 0 aliphatic heterocycles. The van der Waals surface area contributed by atoms with E-state index in [0.29, 0.717) is 16.9 Å². The molecule has 1 aromatic rings. The van der Waals surface area contributed by atoms with E-state index < -0.39 is 0 Å². The van der Waals surface area contributed by atoms with Gasteiger partial charge in [-0.2, -0.15) is 0 Å². The normalized spacial score (nSPS) is 38.3. The number of hydrogen-bond donors (Lipinski definition) is 0. The molecule has 124 valence electrons. The van der Waals surface area contributed by atoms with Crippen LogP contribution in [0.3, 0.4) is 0 Å². The summed E-state index contributed by atoms with van der Waals surface area (Å²) >= 11 is 0. The van der Waals surface area contributed by atoms with E-state index in [1.165, 1.54) is 30.4 Å². The van der Waals surface area contributed by atoms with Gasteiger partial charge < -0.3 is 9.47 Å². The molecule has 3 aliphatic carbocycles. The zero-order valence-corrected chi connectivity index (χ0v) is 14.8. The minimum absolute atomic E-state index is 0.294. The van der Waals surface area contributed by atoms with Crippen molar-refractivity contribution in [3.8, 4) is 5.75 Å².